The summed E-state index contributed by atoms with van der Waals surface area (Å²) >= 11 is 0. The Hall–Kier alpha value is -1.60. The molecule has 0 atom stereocenters. The minimum Gasteiger partial charge on any atom is -0.352 e. The molecular weight excluding hydrogens is 330 g/mol. The largest absolute Gasteiger partial charge is 0.352 e. The maximum absolute atomic E-state index is 12.2. The zero-order valence-corrected chi connectivity index (χ0v) is 15.3. The Balaban J connectivity index is 0.00000288. The van der Waals surface area contributed by atoms with Gasteiger partial charge in [-0.05, 0) is 19.9 Å². The number of likely N-dealkylation sites (N-methyl/N-ethyl adjacent to an activating group) is 2. The molecule has 2 amide bonds. The van der Waals surface area contributed by atoms with Crippen LogP contribution in [-0.2, 0) is 11.3 Å². The lowest BCUT2D eigenvalue weighted by Gasteiger charge is -2.22. The first-order valence-electron chi connectivity index (χ1n) is 8.32. The summed E-state index contributed by atoms with van der Waals surface area (Å²) < 4.78 is 1.53. The number of nitrogens with zero attached hydrogens (tertiary/aromatic N) is 3. The van der Waals surface area contributed by atoms with Gasteiger partial charge in [0, 0.05) is 32.4 Å². The van der Waals surface area contributed by atoms with Crippen LogP contribution in [0.15, 0.2) is 12.4 Å². The highest BCUT2D eigenvalue weighted by Crippen LogP contribution is 2.17. The molecule has 1 heterocycles. The Bertz CT molecular complexity index is 528. The molecule has 0 spiro atoms. The van der Waals surface area contributed by atoms with E-state index in [9.17, 15) is 9.59 Å². The molecule has 1 aromatic heterocycles. The van der Waals surface area contributed by atoms with Crippen molar-refractivity contribution in [3.05, 3.63) is 18.0 Å². The van der Waals surface area contributed by atoms with Gasteiger partial charge in [-0.15, -0.1) is 12.4 Å². The van der Waals surface area contributed by atoms with Crippen molar-refractivity contribution in [2.24, 2.45) is 0 Å². The Morgan fingerprint density at radius 3 is 2.71 bits per heavy atom. The van der Waals surface area contributed by atoms with E-state index in [-0.39, 0.29) is 30.8 Å². The number of hydrogen-bond acceptors (Lipinski definition) is 4. The fraction of sp³-hybridized carbons (Fsp3) is 0.688. The van der Waals surface area contributed by atoms with E-state index in [1.54, 1.807) is 18.1 Å². The maximum Gasteiger partial charge on any atom is 0.256 e. The van der Waals surface area contributed by atoms with E-state index in [0.717, 1.165) is 19.4 Å². The maximum atomic E-state index is 12.2. The molecule has 0 aromatic carbocycles. The molecule has 8 heteroatoms. The molecular formula is C16H28ClN5O2. The summed E-state index contributed by atoms with van der Waals surface area (Å²) in [5, 5.41) is 10.2. The first-order valence-corrected chi connectivity index (χ1v) is 8.32. The summed E-state index contributed by atoms with van der Waals surface area (Å²) in [6, 6.07) is 0.292. The van der Waals surface area contributed by atoms with Crippen molar-refractivity contribution in [2.75, 3.05) is 27.2 Å². The summed E-state index contributed by atoms with van der Waals surface area (Å²) in [6.07, 6.45) is 8.91. The van der Waals surface area contributed by atoms with Crippen LogP contribution in [0.25, 0.3) is 0 Å². The van der Waals surface area contributed by atoms with Crippen LogP contribution in [0.1, 0.15) is 42.5 Å². The second-order valence-electron chi connectivity index (χ2n) is 6.16. The molecule has 24 heavy (non-hydrogen) atoms. The Labute approximate surface area is 149 Å². The van der Waals surface area contributed by atoms with Gasteiger partial charge in [0.2, 0.25) is 5.91 Å². The molecule has 0 bridgehead atoms. The molecule has 1 aliphatic rings. The van der Waals surface area contributed by atoms with Crippen molar-refractivity contribution >= 4 is 24.2 Å². The van der Waals surface area contributed by atoms with Crippen LogP contribution in [-0.4, -0.2) is 59.7 Å². The molecule has 0 saturated heterocycles. The van der Waals surface area contributed by atoms with Crippen molar-refractivity contribution in [1.29, 1.82) is 0 Å². The quantitative estimate of drug-likeness (QED) is 0.764. The van der Waals surface area contributed by atoms with Crippen molar-refractivity contribution in [1.82, 2.24) is 25.3 Å². The number of aromatic nitrogens is 2. The molecule has 1 fully saturated rings. The second kappa shape index (κ2) is 10.3. The number of carbonyl (C=O) groups excluding carboxylic acids is 2. The number of amides is 2. The minimum atomic E-state index is -0.0841. The van der Waals surface area contributed by atoms with Gasteiger partial charge in [-0.25, -0.2) is 0 Å². The van der Waals surface area contributed by atoms with Crippen LogP contribution < -0.4 is 10.6 Å². The first kappa shape index (κ1) is 20.4. The molecule has 136 valence electrons. The third-order valence-electron chi connectivity index (χ3n) is 4.20. The van der Waals surface area contributed by atoms with Gasteiger partial charge in [-0.2, -0.15) is 5.10 Å². The fourth-order valence-electron chi connectivity index (χ4n) is 2.83. The van der Waals surface area contributed by atoms with Crippen molar-refractivity contribution in [3.63, 3.8) is 0 Å². The zero-order valence-electron chi connectivity index (χ0n) is 14.5. The first-order chi connectivity index (χ1) is 11.1. The van der Waals surface area contributed by atoms with Crippen LogP contribution in [0.5, 0.6) is 0 Å². The molecule has 0 aliphatic heterocycles. The van der Waals surface area contributed by atoms with Gasteiger partial charge in [0.15, 0.2) is 0 Å². The number of carbonyl (C=O) groups is 2. The molecule has 0 unspecified atom stereocenters. The Morgan fingerprint density at radius 1 is 1.33 bits per heavy atom. The van der Waals surface area contributed by atoms with Crippen LogP contribution in [0.4, 0.5) is 0 Å². The van der Waals surface area contributed by atoms with Crippen LogP contribution in [0.3, 0.4) is 0 Å². The predicted molar refractivity (Wildman–Crippen MR) is 95.4 cm³/mol. The van der Waals surface area contributed by atoms with E-state index in [4.69, 9.17) is 0 Å². The van der Waals surface area contributed by atoms with E-state index in [1.165, 1.54) is 30.1 Å². The summed E-state index contributed by atoms with van der Waals surface area (Å²) in [6.45, 7) is 1.52. The molecule has 1 aromatic rings. The molecule has 2 rings (SSSR count). The van der Waals surface area contributed by atoms with Gasteiger partial charge < -0.3 is 15.5 Å². The summed E-state index contributed by atoms with van der Waals surface area (Å²) in [5.74, 6) is -0.123. The van der Waals surface area contributed by atoms with Gasteiger partial charge in [-0.3, -0.25) is 14.3 Å². The highest BCUT2D eigenvalue weighted by molar-refractivity contribution is 5.93. The number of rotatable bonds is 7. The average molecular weight is 358 g/mol. The second-order valence-corrected chi connectivity index (χ2v) is 6.16. The highest BCUT2D eigenvalue weighted by atomic mass is 35.5. The lowest BCUT2D eigenvalue weighted by Crippen LogP contribution is -2.38. The molecule has 0 radical (unpaired) electrons. The SMILES string of the molecule is CNCCN(C)C(=O)c1cnn(CC(=O)NC2CCCCC2)c1.Cl. The number of nitrogens with one attached hydrogen (secondary N) is 2. The Morgan fingerprint density at radius 2 is 2.04 bits per heavy atom. The minimum absolute atomic E-state index is 0. The number of hydrogen-bond donors (Lipinski definition) is 2. The lowest BCUT2D eigenvalue weighted by atomic mass is 9.95. The summed E-state index contributed by atoms with van der Waals surface area (Å²) in [4.78, 5) is 25.9. The molecule has 1 saturated carbocycles. The van der Waals surface area contributed by atoms with E-state index in [0.29, 0.717) is 18.2 Å². The van der Waals surface area contributed by atoms with Crippen LogP contribution >= 0.6 is 12.4 Å². The predicted octanol–water partition coefficient (Wildman–Crippen LogP) is 1.05. The molecule has 2 N–H and O–H groups in total. The van der Waals surface area contributed by atoms with Gasteiger partial charge in [0.05, 0.1) is 11.8 Å². The lowest BCUT2D eigenvalue weighted by molar-refractivity contribution is -0.122. The third kappa shape index (κ3) is 6.13. The zero-order chi connectivity index (χ0) is 16.7. The monoisotopic (exact) mass is 357 g/mol. The van der Waals surface area contributed by atoms with Crippen molar-refractivity contribution < 1.29 is 9.59 Å². The molecule has 7 nitrogen and oxygen atoms in total. The molecule has 1 aliphatic carbocycles. The standard InChI is InChI=1S/C16H27N5O2.ClH/c1-17-8-9-20(2)16(23)13-10-18-21(11-13)12-15(22)19-14-6-4-3-5-7-14;/h10-11,14,17H,3-9,12H2,1-2H3,(H,19,22);1H. The number of halogens is 1. The van der Waals surface area contributed by atoms with Crippen LogP contribution in [0.2, 0.25) is 0 Å². The van der Waals surface area contributed by atoms with Crippen molar-refractivity contribution in [3.8, 4) is 0 Å². The smallest absolute Gasteiger partial charge is 0.256 e. The normalized spacial score (nSPS) is 14.8. The summed E-state index contributed by atoms with van der Waals surface area (Å²) in [7, 11) is 3.61. The fourth-order valence-corrected chi connectivity index (χ4v) is 2.83. The van der Waals surface area contributed by atoms with E-state index < -0.39 is 0 Å². The van der Waals surface area contributed by atoms with Gasteiger partial charge in [0.1, 0.15) is 6.54 Å². The summed E-state index contributed by atoms with van der Waals surface area (Å²) in [5.41, 5.74) is 0.508. The van der Waals surface area contributed by atoms with Crippen molar-refractivity contribution in [2.45, 2.75) is 44.7 Å². The average Bonchev–Trinajstić information content (AvgIpc) is 3.01. The van der Waals surface area contributed by atoms with Crippen LogP contribution in [0, 0.1) is 0 Å². The Kier molecular flexibility index (Phi) is 8.78. The van der Waals surface area contributed by atoms with E-state index >= 15 is 0 Å². The highest BCUT2D eigenvalue weighted by Gasteiger charge is 2.17. The van der Waals surface area contributed by atoms with E-state index in [1.807, 2.05) is 7.05 Å². The van der Waals surface area contributed by atoms with Gasteiger partial charge in [-0.1, -0.05) is 19.3 Å². The van der Waals surface area contributed by atoms with E-state index in [2.05, 4.69) is 15.7 Å². The van der Waals surface area contributed by atoms with Gasteiger partial charge in [0.25, 0.3) is 5.91 Å². The topological polar surface area (TPSA) is 79.3 Å². The van der Waals surface area contributed by atoms with Gasteiger partial charge >= 0.3 is 0 Å². The third-order valence-corrected chi connectivity index (χ3v) is 4.20.